The molecule has 15 heavy (non-hydrogen) atoms. The molecule has 0 aliphatic carbocycles. The number of hydrogen-bond acceptors (Lipinski definition) is 2. The molecule has 0 amide bonds. The van der Waals surface area contributed by atoms with Crippen molar-refractivity contribution in [3.05, 3.63) is 40.7 Å². The molecule has 2 heterocycles. The second-order valence-corrected chi connectivity index (χ2v) is 3.61. The fourth-order valence-electron chi connectivity index (χ4n) is 1.91. The van der Waals surface area contributed by atoms with Crippen molar-refractivity contribution in [3.8, 4) is 6.07 Å². The average Bonchev–Trinajstić information content (AvgIpc) is 2.55. The van der Waals surface area contributed by atoms with E-state index in [1.165, 1.54) is 0 Å². The van der Waals surface area contributed by atoms with E-state index in [4.69, 9.17) is 5.26 Å². The Bertz CT molecular complexity index is 588. The molecule has 0 spiro atoms. The van der Waals surface area contributed by atoms with Gasteiger partial charge in [-0.3, -0.25) is 4.79 Å². The Morgan fingerprint density at radius 1 is 1.33 bits per heavy atom. The van der Waals surface area contributed by atoms with Crippen LogP contribution in [0.5, 0.6) is 0 Å². The number of aryl methyl sites for hydroxylation is 2. The summed E-state index contributed by atoms with van der Waals surface area (Å²) in [6, 6.07) is 7.62. The van der Waals surface area contributed by atoms with Crippen molar-refractivity contribution in [1.29, 1.82) is 5.26 Å². The van der Waals surface area contributed by atoms with Crippen molar-refractivity contribution in [1.82, 2.24) is 4.40 Å². The van der Waals surface area contributed by atoms with Crippen LogP contribution in [0.3, 0.4) is 0 Å². The van der Waals surface area contributed by atoms with Gasteiger partial charge in [0.1, 0.15) is 6.07 Å². The smallest absolute Gasteiger partial charge is 0.166 e. The number of pyridine rings is 1. The van der Waals surface area contributed by atoms with E-state index in [9.17, 15) is 4.79 Å². The summed E-state index contributed by atoms with van der Waals surface area (Å²) in [5.41, 5.74) is 3.93. The van der Waals surface area contributed by atoms with Gasteiger partial charge in [0.15, 0.2) is 6.29 Å². The molecule has 0 bridgehead atoms. The number of nitrogens with zero attached hydrogens (tertiary/aromatic N) is 2. The second-order valence-electron chi connectivity index (χ2n) is 3.61. The van der Waals surface area contributed by atoms with Gasteiger partial charge in [-0.05, 0) is 37.6 Å². The number of rotatable bonds is 1. The van der Waals surface area contributed by atoms with Gasteiger partial charge in [0.2, 0.25) is 0 Å². The van der Waals surface area contributed by atoms with Crippen molar-refractivity contribution in [2.75, 3.05) is 0 Å². The van der Waals surface area contributed by atoms with E-state index in [1.54, 1.807) is 10.5 Å². The summed E-state index contributed by atoms with van der Waals surface area (Å²) in [6.07, 6.45) is 0.774. The highest BCUT2D eigenvalue weighted by Crippen LogP contribution is 2.19. The zero-order valence-electron chi connectivity index (χ0n) is 8.61. The number of nitriles is 1. The highest BCUT2D eigenvalue weighted by Gasteiger charge is 2.09. The number of carbonyl (C=O) groups excluding carboxylic acids is 1. The van der Waals surface area contributed by atoms with Crippen LogP contribution in [0.2, 0.25) is 0 Å². The van der Waals surface area contributed by atoms with Crippen LogP contribution >= 0.6 is 0 Å². The molecule has 0 unspecified atom stereocenters. The number of hydrogen-bond donors (Lipinski definition) is 0. The Morgan fingerprint density at radius 2 is 2.07 bits per heavy atom. The first kappa shape index (κ1) is 9.47. The van der Waals surface area contributed by atoms with Crippen molar-refractivity contribution in [3.63, 3.8) is 0 Å². The molecule has 0 N–H and O–H groups in total. The Labute approximate surface area is 87.6 Å². The van der Waals surface area contributed by atoms with Crippen molar-refractivity contribution >= 4 is 11.8 Å². The van der Waals surface area contributed by atoms with Gasteiger partial charge in [0.25, 0.3) is 0 Å². The van der Waals surface area contributed by atoms with Gasteiger partial charge in [-0.25, -0.2) is 0 Å². The molecule has 74 valence electrons. The van der Waals surface area contributed by atoms with E-state index >= 15 is 0 Å². The first-order chi connectivity index (χ1) is 7.17. The minimum absolute atomic E-state index is 0.527. The van der Waals surface area contributed by atoms with Gasteiger partial charge in [0, 0.05) is 5.69 Å². The van der Waals surface area contributed by atoms with Crippen molar-refractivity contribution in [2.45, 2.75) is 13.8 Å². The lowest BCUT2D eigenvalue weighted by atomic mass is 10.2. The number of fused-ring (bicyclic) bond motifs is 1. The van der Waals surface area contributed by atoms with Crippen molar-refractivity contribution in [2.24, 2.45) is 0 Å². The van der Waals surface area contributed by atoms with Gasteiger partial charge in [0.05, 0.1) is 16.8 Å². The minimum Gasteiger partial charge on any atom is -0.310 e. The molecule has 0 radical (unpaired) electrons. The van der Waals surface area contributed by atoms with Gasteiger partial charge < -0.3 is 4.40 Å². The van der Waals surface area contributed by atoms with Crippen LogP contribution in [0.25, 0.3) is 5.52 Å². The van der Waals surface area contributed by atoms with Gasteiger partial charge in [-0.2, -0.15) is 5.26 Å². The van der Waals surface area contributed by atoms with Crippen molar-refractivity contribution < 1.29 is 4.79 Å². The average molecular weight is 198 g/mol. The van der Waals surface area contributed by atoms with Crippen LogP contribution in [-0.2, 0) is 0 Å². The third-order valence-electron chi connectivity index (χ3n) is 2.46. The monoisotopic (exact) mass is 198 g/mol. The Hall–Kier alpha value is -2.08. The van der Waals surface area contributed by atoms with Crippen LogP contribution in [0, 0.1) is 25.2 Å². The highest BCUT2D eigenvalue weighted by atomic mass is 16.1. The molecular weight excluding hydrogens is 188 g/mol. The summed E-state index contributed by atoms with van der Waals surface area (Å²) >= 11 is 0. The van der Waals surface area contributed by atoms with Gasteiger partial charge >= 0.3 is 0 Å². The third-order valence-corrected chi connectivity index (χ3v) is 2.46. The molecule has 0 saturated heterocycles. The predicted octanol–water partition coefficient (Wildman–Crippen LogP) is 2.24. The normalized spacial score (nSPS) is 10.2. The maximum atomic E-state index is 10.9. The standard InChI is InChI=1S/C12H10N2O/c1-8-3-9(2)14-11(7-15)5-10(6-13)12(14)4-8/h3-5,7H,1-2H3. The Balaban J connectivity index is 2.99. The van der Waals surface area contributed by atoms with E-state index in [0.29, 0.717) is 11.3 Å². The molecule has 2 rings (SSSR count). The van der Waals surface area contributed by atoms with Crippen LogP contribution < -0.4 is 0 Å². The van der Waals surface area contributed by atoms with E-state index in [2.05, 4.69) is 6.07 Å². The SMILES string of the molecule is Cc1cc(C)n2c(C=O)cc(C#N)c2c1. The first-order valence-corrected chi connectivity index (χ1v) is 4.65. The molecule has 0 aliphatic heterocycles. The minimum atomic E-state index is 0.527. The highest BCUT2D eigenvalue weighted by molar-refractivity contribution is 5.80. The topological polar surface area (TPSA) is 45.3 Å². The molecule has 0 aromatic carbocycles. The maximum Gasteiger partial charge on any atom is 0.166 e. The van der Waals surface area contributed by atoms with E-state index in [0.717, 1.165) is 23.1 Å². The number of carbonyl (C=O) groups is 1. The maximum absolute atomic E-state index is 10.9. The zero-order valence-corrected chi connectivity index (χ0v) is 8.61. The fourth-order valence-corrected chi connectivity index (χ4v) is 1.91. The summed E-state index contributed by atoms with van der Waals surface area (Å²) in [5.74, 6) is 0. The van der Waals surface area contributed by atoms with Crippen LogP contribution in [0.4, 0.5) is 0 Å². The number of aromatic nitrogens is 1. The van der Waals surface area contributed by atoms with Gasteiger partial charge in [-0.15, -0.1) is 0 Å². The van der Waals surface area contributed by atoms with E-state index < -0.39 is 0 Å². The molecule has 3 nitrogen and oxygen atoms in total. The van der Waals surface area contributed by atoms with Crippen LogP contribution in [0.1, 0.15) is 27.3 Å². The largest absolute Gasteiger partial charge is 0.310 e. The molecule has 0 fully saturated rings. The molecule has 0 aliphatic rings. The summed E-state index contributed by atoms with van der Waals surface area (Å²) in [7, 11) is 0. The van der Waals surface area contributed by atoms with E-state index in [1.807, 2.05) is 26.0 Å². The molecular formula is C12H10N2O. The lowest BCUT2D eigenvalue weighted by Gasteiger charge is -2.04. The molecule has 2 aromatic rings. The summed E-state index contributed by atoms with van der Waals surface area (Å²) in [6.45, 7) is 3.90. The first-order valence-electron chi connectivity index (χ1n) is 4.65. The third kappa shape index (κ3) is 1.31. The summed E-state index contributed by atoms with van der Waals surface area (Å²) < 4.78 is 1.80. The quantitative estimate of drug-likeness (QED) is 0.659. The number of aldehydes is 1. The zero-order chi connectivity index (χ0) is 11.0. The lowest BCUT2D eigenvalue weighted by Crippen LogP contribution is -1.96. The van der Waals surface area contributed by atoms with Gasteiger partial charge in [-0.1, -0.05) is 0 Å². The molecule has 0 saturated carbocycles. The fraction of sp³-hybridized carbons (Fsp3) is 0.167. The summed E-state index contributed by atoms with van der Waals surface area (Å²) in [4.78, 5) is 10.9. The molecule has 0 atom stereocenters. The van der Waals surface area contributed by atoms with Crippen LogP contribution in [0.15, 0.2) is 18.2 Å². The molecule has 2 aromatic heterocycles. The molecule has 3 heteroatoms. The summed E-state index contributed by atoms with van der Waals surface area (Å²) in [5, 5.41) is 8.95. The van der Waals surface area contributed by atoms with Crippen LogP contribution in [-0.4, -0.2) is 10.7 Å². The Morgan fingerprint density at radius 3 is 2.67 bits per heavy atom. The van der Waals surface area contributed by atoms with E-state index in [-0.39, 0.29) is 0 Å². The predicted molar refractivity (Wildman–Crippen MR) is 57.0 cm³/mol. The lowest BCUT2D eigenvalue weighted by molar-refractivity contribution is 0.111. The Kier molecular flexibility index (Phi) is 2.05. The second kappa shape index (κ2) is 3.25.